The van der Waals surface area contributed by atoms with Gasteiger partial charge in [-0.3, -0.25) is 0 Å². The van der Waals surface area contributed by atoms with Crippen LogP contribution in [0.1, 0.15) is 38.1 Å². The van der Waals surface area contributed by atoms with Crippen LogP contribution in [0.5, 0.6) is 0 Å². The highest BCUT2D eigenvalue weighted by Crippen LogP contribution is 2.62. The molecular formula is C15H19ClN2O3. The molecule has 114 valence electrons. The smallest absolute Gasteiger partial charge is 0.335 e. The largest absolute Gasteiger partial charge is 0.478 e. The molecule has 0 bridgehead atoms. The molecule has 0 aliphatic heterocycles. The molecule has 0 unspecified atom stereocenters. The number of halogens is 1. The topological polar surface area (TPSA) is 78.4 Å². The van der Waals surface area contributed by atoms with Crippen LogP contribution in [0.15, 0.2) is 18.2 Å². The predicted molar refractivity (Wildman–Crippen MR) is 81.9 cm³/mol. The number of hydrogen-bond donors (Lipinski definition) is 3. The second-order valence-corrected chi connectivity index (χ2v) is 6.88. The van der Waals surface area contributed by atoms with Gasteiger partial charge in [0, 0.05) is 6.04 Å². The third-order valence-electron chi connectivity index (χ3n) is 4.76. The number of urea groups is 1. The zero-order valence-electron chi connectivity index (χ0n) is 12.5. The van der Waals surface area contributed by atoms with Crippen molar-refractivity contribution in [2.75, 3.05) is 5.32 Å². The van der Waals surface area contributed by atoms with E-state index in [0.717, 1.165) is 0 Å². The van der Waals surface area contributed by atoms with E-state index in [9.17, 15) is 9.59 Å². The lowest BCUT2D eigenvalue weighted by Crippen LogP contribution is -2.34. The highest BCUT2D eigenvalue weighted by atomic mass is 35.5. The van der Waals surface area contributed by atoms with Crippen LogP contribution in [0.3, 0.4) is 0 Å². The van der Waals surface area contributed by atoms with Gasteiger partial charge >= 0.3 is 12.0 Å². The fourth-order valence-electron chi connectivity index (χ4n) is 2.60. The molecule has 6 heteroatoms. The highest BCUT2D eigenvalue weighted by molar-refractivity contribution is 6.33. The first-order chi connectivity index (χ1) is 9.57. The minimum absolute atomic E-state index is 0.0248. The van der Waals surface area contributed by atoms with E-state index in [2.05, 4.69) is 38.3 Å². The number of carbonyl (C=O) groups is 2. The predicted octanol–water partition coefficient (Wildman–Crippen LogP) is 3.59. The van der Waals surface area contributed by atoms with Gasteiger partial charge in [-0.15, -0.1) is 0 Å². The van der Waals surface area contributed by atoms with E-state index < -0.39 is 5.97 Å². The molecule has 5 nitrogen and oxygen atoms in total. The molecule has 2 amide bonds. The summed E-state index contributed by atoms with van der Waals surface area (Å²) >= 11 is 5.97. The van der Waals surface area contributed by atoms with E-state index in [1.54, 1.807) is 0 Å². The van der Waals surface area contributed by atoms with E-state index >= 15 is 0 Å². The first kappa shape index (κ1) is 15.6. The lowest BCUT2D eigenvalue weighted by atomic mass is 10.0. The van der Waals surface area contributed by atoms with Crippen molar-refractivity contribution in [3.05, 3.63) is 28.8 Å². The first-order valence-electron chi connectivity index (χ1n) is 6.67. The molecule has 0 saturated heterocycles. The normalized spacial score (nSPS) is 18.9. The van der Waals surface area contributed by atoms with E-state index in [1.807, 2.05) is 0 Å². The molecule has 2 rings (SSSR count). The summed E-state index contributed by atoms with van der Waals surface area (Å²) in [5.41, 5.74) is 0.404. The zero-order chi connectivity index (χ0) is 16.0. The van der Waals surface area contributed by atoms with Crippen LogP contribution in [0.4, 0.5) is 10.5 Å². The Morgan fingerprint density at radius 2 is 1.76 bits per heavy atom. The van der Waals surface area contributed by atoms with Crippen LogP contribution in [0.2, 0.25) is 5.02 Å². The van der Waals surface area contributed by atoms with Gasteiger partial charge in [-0.2, -0.15) is 0 Å². The highest BCUT2D eigenvalue weighted by Gasteiger charge is 2.65. The van der Waals surface area contributed by atoms with Gasteiger partial charge in [-0.05, 0) is 29.0 Å². The van der Waals surface area contributed by atoms with Crippen LogP contribution in [0, 0.1) is 10.8 Å². The van der Waals surface area contributed by atoms with E-state index in [0.29, 0.717) is 5.02 Å². The molecule has 0 radical (unpaired) electrons. The van der Waals surface area contributed by atoms with Gasteiger partial charge in [0.1, 0.15) is 0 Å². The molecular weight excluding hydrogens is 292 g/mol. The van der Waals surface area contributed by atoms with Crippen molar-refractivity contribution in [3.8, 4) is 0 Å². The van der Waals surface area contributed by atoms with Gasteiger partial charge in [0.2, 0.25) is 0 Å². The van der Waals surface area contributed by atoms with Crippen LogP contribution < -0.4 is 10.6 Å². The zero-order valence-corrected chi connectivity index (χ0v) is 13.2. The number of anilines is 1. The van der Waals surface area contributed by atoms with Crippen LogP contribution >= 0.6 is 11.6 Å². The summed E-state index contributed by atoms with van der Waals surface area (Å²) in [6.45, 7) is 8.37. The summed E-state index contributed by atoms with van der Waals surface area (Å²) in [7, 11) is 0. The summed E-state index contributed by atoms with van der Waals surface area (Å²) in [6, 6.07) is 3.86. The third kappa shape index (κ3) is 2.70. The Morgan fingerprint density at radius 1 is 1.19 bits per heavy atom. The van der Waals surface area contributed by atoms with Crippen molar-refractivity contribution < 1.29 is 14.7 Å². The molecule has 21 heavy (non-hydrogen) atoms. The van der Waals surface area contributed by atoms with Gasteiger partial charge in [0.25, 0.3) is 0 Å². The number of benzene rings is 1. The minimum Gasteiger partial charge on any atom is -0.478 e. The van der Waals surface area contributed by atoms with Crippen molar-refractivity contribution in [3.63, 3.8) is 0 Å². The molecule has 1 aromatic carbocycles. The molecule has 0 aromatic heterocycles. The minimum atomic E-state index is -1.07. The van der Waals surface area contributed by atoms with Crippen molar-refractivity contribution in [1.29, 1.82) is 0 Å². The van der Waals surface area contributed by atoms with E-state index in [-0.39, 0.29) is 34.2 Å². The quantitative estimate of drug-likeness (QED) is 0.798. The fraction of sp³-hybridized carbons (Fsp3) is 0.467. The van der Waals surface area contributed by atoms with E-state index in [1.165, 1.54) is 18.2 Å². The lowest BCUT2D eigenvalue weighted by Gasteiger charge is -2.11. The molecule has 1 saturated carbocycles. The summed E-state index contributed by atoms with van der Waals surface area (Å²) in [6.07, 6.45) is 0. The molecule has 1 fully saturated rings. The lowest BCUT2D eigenvalue weighted by molar-refractivity contribution is 0.0697. The molecule has 0 atom stereocenters. The maximum atomic E-state index is 12.0. The Hall–Kier alpha value is -1.75. The fourth-order valence-corrected chi connectivity index (χ4v) is 2.77. The van der Waals surface area contributed by atoms with Crippen molar-refractivity contribution in [2.24, 2.45) is 10.8 Å². The Kier molecular flexibility index (Phi) is 3.66. The van der Waals surface area contributed by atoms with Gasteiger partial charge in [0.05, 0.1) is 16.3 Å². The molecule has 1 aromatic rings. The SMILES string of the molecule is CC1(C)C(NC(=O)Nc2cc(C(=O)O)ccc2Cl)C1(C)C. The molecule has 1 aliphatic carbocycles. The summed E-state index contributed by atoms with van der Waals surface area (Å²) < 4.78 is 0. The monoisotopic (exact) mass is 310 g/mol. The Morgan fingerprint density at radius 3 is 2.24 bits per heavy atom. The van der Waals surface area contributed by atoms with Crippen LogP contribution in [0.25, 0.3) is 0 Å². The summed E-state index contributed by atoms with van der Waals surface area (Å²) in [4.78, 5) is 23.0. The van der Waals surface area contributed by atoms with Gasteiger partial charge in [-0.25, -0.2) is 9.59 Å². The summed E-state index contributed by atoms with van der Waals surface area (Å²) in [5.74, 6) is -1.07. The Bertz CT molecular complexity index is 597. The number of carboxylic acids is 1. The van der Waals surface area contributed by atoms with Crippen LogP contribution in [-0.2, 0) is 0 Å². The standard InChI is InChI=1S/C15H19ClN2O3/c1-14(2)12(15(14,3)4)18-13(21)17-10-7-8(11(19)20)5-6-9(10)16/h5-7,12H,1-4H3,(H,19,20)(H2,17,18,21). The second-order valence-electron chi connectivity index (χ2n) is 6.47. The van der Waals surface area contributed by atoms with Crippen molar-refractivity contribution in [2.45, 2.75) is 33.7 Å². The van der Waals surface area contributed by atoms with Crippen molar-refractivity contribution >= 4 is 29.3 Å². The summed E-state index contributed by atoms with van der Waals surface area (Å²) in [5, 5.41) is 14.8. The number of carbonyl (C=O) groups excluding carboxylic acids is 1. The van der Waals surface area contributed by atoms with Gasteiger partial charge in [0.15, 0.2) is 0 Å². The molecule has 3 N–H and O–H groups in total. The number of carboxylic acid groups (broad SMARTS) is 1. The van der Waals surface area contributed by atoms with E-state index in [4.69, 9.17) is 16.7 Å². The Balaban J connectivity index is 2.07. The van der Waals surface area contributed by atoms with Gasteiger partial charge < -0.3 is 15.7 Å². The maximum absolute atomic E-state index is 12.0. The van der Waals surface area contributed by atoms with Crippen LogP contribution in [-0.4, -0.2) is 23.1 Å². The molecule has 1 aliphatic rings. The van der Waals surface area contributed by atoms with Crippen molar-refractivity contribution in [1.82, 2.24) is 5.32 Å². The average molecular weight is 311 g/mol. The molecule has 0 heterocycles. The number of amides is 2. The third-order valence-corrected chi connectivity index (χ3v) is 5.09. The Labute approximate surface area is 128 Å². The average Bonchev–Trinajstić information content (AvgIpc) is 2.74. The number of rotatable bonds is 3. The molecule has 0 spiro atoms. The second kappa shape index (κ2) is 4.91. The number of aromatic carboxylic acids is 1. The number of nitrogens with one attached hydrogen (secondary N) is 2. The first-order valence-corrected chi connectivity index (χ1v) is 7.05. The van der Waals surface area contributed by atoms with Gasteiger partial charge in [-0.1, -0.05) is 39.3 Å². The maximum Gasteiger partial charge on any atom is 0.335 e. The number of hydrogen-bond acceptors (Lipinski definition) is 2.